The van der Waals surface area contributed by atoms with E-state index in [4.69, 9.17) is 0 Å². The van der Waals surface area contributed by atoms with Gasteiger partial charge in [-0.2, -0.15) is 0 Å². The lowest BCUT2D eigenvalue weighted by molar-refractivity contribution is -0.126. The zero-order valence-electron chi connectivity index (χ0n) is 8.60. The first-order valence-corrected chi connectivity index (χ1v) is 5.25. The number of hydrogen-bond acceptors (Lipinski definition) is 2. The Bertz CT molecular complexity index is 164. The molecule has 0 saturated carbocycles. The van der Waals surface area contributed by atoms with Crippen molar-refractivity contribution in [1.29, 1.82) is 0 Å². The molecule has 1 heterocycles. The summed E-state index contributed by atoms with van der Waals surface area (Å²) in [6.07, 6.45) is 3.17. The fourth-order valence-corrected chi connectivity index (χ4v) is 1.54. The van der Waals surface area contributed by atoms with E-state index in [9.17, 15) is 4.79 Å². The van der Waals surface area contributed by atoms with Crippen LogP contribution in [0.5, 0.6) is 0 Å². The van der Waals surface area contributed by atoms with E-state index in [0.29, 0.717) is 6.04 Å². The topological polar surface area (TPSA) is 41.1 Å². The predicted molar refractivity (Wildman–Crippen MR) is 53.5 cm³/mol. The average Bonchev–Trinajstić information content (AvgIpc) is 2.19. The van der Waals surface area contributed by atoms with Crippen LogP contribution in [0.4, 0.5) is 0 Å². The summed E-state index contributed by atoms with van der Waals surface area (Å²) >= 11 is 0. The van der Waals surface area contributed by atoms with Gasteiger partial charge in [0, 0.05) is 12.6 Å². The molecule has 0 aromatic heterocycles. The lowest BCUT2D eigenvalue weighted by Crippen LogP contribution is -2.43. The molecule has 1 rings (SSSR count). The summed E-state index contributed by atoms with van der Waals surface area (Å²) in [5, 5.41) is 6.27. The summed E-state index contributed by atoms with van der Waals surface area (Å²) in [5.41, 5.74) is 0. The van der Waals surface area contributed by atoms with Gasteiger partial charge in [-0.3, -0.25) is 4.79 Å². The summed E-state index contributed by atoms with van der Waals surface area (Å²) in [7, 11) is 0. The van der Waals surface area contributed by atoms with E-state index in [1.54, 1.807) is 0 Å². The third-order valence-electron chi connectivity index (χ3n) is 2.67. The molecule has 0 aromatic carbocycles. The first kappa shape index (κ1) is 10.5. The van der Waals surface area contributed by atoms with E-state index in [1.165, 1.54) is 0 Å². The highest BCUT2D eigenvalue weighted by Gasteiger charge is 2.21. The summed E-state index contributed by atoms with van der Waals surface area (Å²) in [6, 6.07) is 0.314. The molecule has 0 aromatic rings. The highest BCUT2D eigenvalue weighted by atomic mass is 16.1. The molecular formula is C10H20N2O. The van der Waals surface area contributed by atoms with Crippen LogP contribution in [0.15, 0.2) is 0 Å². The van der Waals surface area contributed by atoms with Crippen molar-refractivity contribution in [3.05, 3.63) is 0 Å². The molecule has 3 nitrogen and oxygen atoms in total. The molecule has 0 bridgehead atoms. The fraction of sp³-hybridized carbons (Fsp3) is 0.900. The molecule has 0 spiro atoms. The van der Waals surface area contributed by atoms with Gasteiger partial charge in [-0.1, -0.05) is 6.92 Å². The smallest absolute Gasteiger partial charge is 0.224 e. The van der Waals surface area contributed by atoms with Crippen molar-refractivity contribution in [2.45, 2.75) is 39.2 Å². The number of hydrogen-bond donors (Lipinski definition) is 2. The van der Waals surface area contributed by atoms with Crippen molar-refractivity contribution in [2.24, 2.45) is 5.92 Å². The summed E-state index contributed by atoms with van der Waals surface area (Å²) in [5.74, 6) is 0.421. The van der Waals surface area contributed by atoms with Crippen molar-refractivity contribution in [3.63, 3.8) is 0 Å². The van der Waals surface area contributed by atoms with Gasteiger partial charge in [0.1, 0.15) is 0 Å². The minimum Gasteiger partial charge on any atom is -0.353 e. The minimum absolute atomic E-state index is 0.197. The van der Waals surface area contributed by atoms with Crippen LogP contribution in [0.25, 0.3) is 0 Å². The number of piperidine rings is 1. The number of rotatable bonds is 3. The molecule has 13 heavy (non-hydrogen) atoms. The zero-order chi connectivity index (χ0) is 9.68. The Balaban J connectivity index is 2.29. The molecule has 1 aliphatic rings. The second-order valence-electron chi connectivity index (χ2n) is 3.86. The van der Waals surface area contributed by atoms with Crippen LogP contribution in [0.1, 0.15) is 33.1 Å². The van der Waals surface area contributed by atoms with E-state index < -0.39 is 0 Å². The molecule has 3 heteroatoms. The maximum atomic E-state index is 11.6. The van der Waals surface area contributed by atoms with E-state index in [2.05, 4.69) is 17.6 Å². The summed E-state index contributed by atoms with van der Waals surface area (Å²) < 4.78 is 0. The molecule has 1 fully saturated rings. The van der Waals surface area contributed by atoms with Crippen LogP contribution >= 0.6 is 0 Å². The van der Waals surface area contributed by atoms with Gasteiger partial charge in [-0.15, -0.1) is 0 Å². The van der Waals surface area contributed by atoms with Crippen LogP contribution in [0.3, 0.4) is 0 Å². The Labute approximate surface area is 80.3 Å². The Kier molecular flexibility index (Phi) is 4.22. The number of carbonyl (C=O) groups excluding carboxylic acids is 1. The number of nitrogens with one attached hydrogen (secondary N) is 2. The van der Waals surface area contributed by atoms with Crippen molar-refractivity contribution >= 4 is 5.91 Å². The first-order chi connectivity index (χ1) is 6.24. The largest absolute Gasteiger partial charge is 0.353 e. The summed E-state index contributed by atoms with van der Waals surface area (Å²) in [4.78, 5) is 11.6. The molecule has 2 unspecified atom stereocenters. The monoisotopic (exact) mass is 184 g/mol. The molecule has 1 amide bonds. The van der Waals surface area contributed by atoms with Crippen molar-refractivity contribution in [2.75, 3.05) is 13.1 Å². The molecule has 0 radical (unpaired) electrons. The normalized spacial score (nSPS) is 25.2. The first-order valence-electron chi connectivity index (χ1n) is 5.25. The van der Waals surface area contributed by atoms with Gasteiger partial charge in [0.2, 0.25) is 5.91 Å². The van der Waals surface area contributed by atoms with Gasteiger partial charge >= 0.3 is 0 Å². The van der Waals surface area contributed by atoms with Crippen LogP contribution in [0.2, 0.25) is 0 Å². The number of carbonyl (C=O) groups is 1. The van der Waals surface area contributed by atoms with Gasteiger partial charge in [-0.05, 0) is 32.7 Å². The second kappa shape index (κ2) is 5.22. The summed E-state index contributed by atoms with van der Waals surface area (Å²) in [6.45, 7) is 6.05. The highest BCUT2D eigenvalue weighted by Crippen LogP contribution is 2.10. The maximum Gasteiger partial charge on any atom is 0.224 e. The van der Waals surface area contributed by atoms with Gasteiger partial charge in [0.05, 0.1) is 5.92 Å². The third kappa shape index (κ3) is 3.35. The predicted octanol–water partition coefficient (Wildman–Crippen LogP) is 0.901. The Morgan fingerprint density at radius 2 is 2.46 bits per heavy atom. The van der Waals surface area contributed by atoms with Gasteiger partial charge in [0.25, 0.3) is 0 Å². The molecule has 1 aliphatic heterocycles. The molecule has 1 saturated heterocycles. The average molecular weight is 184 g/mol. The van der Waals surface area contributed by atoms with Gasteiger partial charge < -0.3 is 10.6 Å². The molecule has 2 atom stereocenters. The Morgan fingerprint density at radius 1 is 1.69 bits per heavy atom. The standard InChI is InChI=1S/C10H20N2O/c1-3-8(2)12-10(13)9-5-4-6-11-7-9/h8-9,11H,3-7H2,1-2H3,(H,12,13). The van der Waals surface area contributed by atoms with Crippen LogP contribution < -0.4 is 10.6 Å². The zero-order valence-corrected chi connectivity index (χ0v) is 8.60. The van der Waals surface area contributed by atoms with Crippen LogP contribution in [0, 0.1) is 5.92 Å². The van der Waals surface area contributed by atoms with Crippen molar-refractivity contribution < 1.29 is 4.79 Å². The molecule has 2 N–H and O–H groups in total. The quantitative estimate of drug-likeness (QED) is 0.684. The van der Waals surface area contributed by atoms with Crippen molar-refractivity contribution in [3.8, 4) is 0 Å². The minimum atomic E-state index is 0.197. The van der Waals surface area contributed by atoms with Crippen LogP contribution in [-0.2, 0) is 4.79 Å². The molecular weight excluding hydrogens is 164 g/mol. The Hall–Kier alpha value is -0.570. The van der Waals surface area contributed by atoms with Gasteiger partial charge in [-0.25, -0.2) is 0 Å². The van der Waals surface area contributed by atoms with E-state index in [-0.39, 0.29) is 11.8 Å². The maximum absolute atomic E-state index is 11.6. The van der Waals surface area contributed by atoms with E-state index >= 15 is 0 Å². The lowest BCUT2D eigenvalue weighted by Gasteiger charge is -2.23. The third-order valence-corrected chi connectivity index (χ3v) is 2.67. The second-order valence-corrected chi connectivity index (χ2v) is 3.86. The van der Waals surface area contributed by atoms with E-state index in [1.807, 2.05) is 6.92 Å². The van der Waals surface area contributed by atoms with Crippen LogP contribution in [-0.4, -0.2) is 25.0 Å². The lowest BCUT2D eigenvalue weighted by atomic mass is 9.98. The highest BCUT2D eigenvalue weighted by molar-refractivity contribution is 5.79. The van der Waals surface area contributed by atoms with Gasteiger partial charge in [0.15, 0.2) is 0 Å². The SMILES string of the molecule is CCC(C)NC(=O)C1CCCNC1. The Morgan fingerprint density at radius 3 is 3.00 bits per heavy atom. The number of amides is 1. The molecule has 76 valence electrons. The van der Waals surface area contributed by atoms with Crippen molar-refractivity contribution in [1.82, 2.24) is 10.6 Å². The molecule has 0 aliphatic carbocycles. The fourth-order valence-electron chi connectivity index (χ4n) is 1.54. The van der Waals surface area contributed by atoms with E-state index in [0.717, 1.165) is 32.4 Å².